The molecule has 0 spiro atoms. The number of hydrogen-bond acceptors (Lipinski definition) is 5. The van der Waals surface area contributed by atoms with Crippen molar-refractivity contribution in [2.24, 2.45) is 0 Å². The van der Waals surface area contributed by atoms with E-state index in [0.29, 0.717) is 11.1 Å². The summed E-state index contributed by atoms with van der Waals surface area (Å²) < 4.78 is 7.34. The van der Waals surface area contributed by atoms with Crippen LogP contribution >= 0.6 is 11.6 Å². The Hall–Kier alpha value is -2.31. The van der Waals surface area contributed by atoms with E-state index >= 15 is 0 Å². The van der Waals surface area contributed by atoms with E-state index in [-0.39, 0.29) is 0 Å². The summed E-state index contributed by atoms with van der Waals surface area (Å²) in [5.74, 6) is 1.55. The largest absolute Gasteiger partial charge is 0.497 e. The molecule has 0 saturated carbocycles. The van der Waals surface area contributed by atoms with Crippen molar-refractivity contribution in [3.05, 3.63) is 41.7 Å². The fraction of sp³-hybridized carbons (Fsp3) is 0.250. The van der Waals surface area contributed by atoms with Gasteiger partial charge in [-0.3, -0.25) is 4.40 Å². The maximum Gasteiger partial charge on any atom is 0.137 e. The molecule has 3 aromatic heterocycles. The fourth-order valence-corrected chi connectivity index (χ4v) is 2.73. The molecular weight excluding hydrogens is 314 g/mol. The minimum atomic E-state index is 0.402. The van der Waals surface area contributed by atoms with Gasteiger partial charge in [0, 0.05) is 31.4 Å². The number of pyridine rings is 2. The summed E-state index contributed by atoms with van der Waals surface area (Å²) >= 11 is 6.11. The molecular formula is C16H16ClN5O. The SMILES string of the molecule is COc1cc(NC2CNC2)nc(-c2cnc3ccc(Cl)cn23)c1. The number of imidazole rings is 1. The summed E-state index contributed by atoms with van der Waals surface area (Å²) in [6.07, 6.45) is 3.63. The molecule has 1 aliphatic heterocycles. The van der Waals surface area contributed by atoms with Crippen LogP contribution in [0.4, 0.5) is 5.82 Å². The first kappa shape index (κ1) is 14.3. The summed E-state index contributed by atoms with van der Waals surface area (Å²) in [6.45, 7) is 1.89. The fourth-order valence-electron chi connectivity index (χ4n) is 2.57. The summed E-state index contributed by atoms with van der Waals surface area (Å²) in [5.41, 5.74) is 2.48. The highest BCUT2D eigenvalue weighted by molar-refractivity contribution is 6.30. The van der Waals surface area contributed by atoms with Gasteiger partial charge in [0.1, 0.15) is 17.2 Å². The third-order valence-electron chi connectivity index (χ3n) is 3.90. The van der Waals surface area contributed by atoms with Crippen molar-refractivity contribution < 1.29 is 4.74 Å². The van der Waals surface area contributed by atoms with Gasteiger partial charge in [0.15, 0.2) is 0 Å². The summed E-state index contributed by atoms with van der Waals surface area (Å²) in [6, 6.07) is 7.90. The molecule has 0 amide bonds. The predicted molar refractivity (Wildman–Crippen MR) is 90.3 cm³/mol. The van der Waals surface area contributed by atoms with Gasteiger partial charge in [0.25, 0.3) is 0 Å². The Morgan fingerprint density at radius 1 is 1.35 bits per heavy atom. The number of aromatic nitrogens is 3. The molecule has 0 atom stereocenters. The van der Waals surface area contributed by atoms with Crippen molar-refractivity contribution in [3.8, 4) is 17.1 Å². The van der Waals surface area contributed by atoms with Gasteiger partial charge < -0.3 is 15.4 Å². The van der Waals surface area contributed by atoms with Crippen LogP contribution in [0, 0.1) is 0 Å². The Labute approximate surface area is 138 Å². The molecule has 0 aromatic carbocycles. The molecule has 0 radical (unpaired) electrons. The number of anilines is 1. The monoisotopic (exact) mass is 329 g/mol. The maximum atomic E-state index is 6.11. The lowest BCUT2D eigenvalue weighted by atomic mass is 10.2. The highest BCUT2D eigenvalue weighted by atomic mass is 35.5. The lowest BCUT2D eigenvalue weighted by molar-refractivity contribution is 0.414. The minimum absolute atomic E-state index is 0.402. The van der Waals surface area contributed by atoms with Crippen LogP contribution < -0.4 is 15.4 Å². The zero-order chi connectivity index (χ0) is 15.8. The van der Waals surface area contributed by atoms with Crippen LogP contribution in [0.3, 0.4) is 0 Å². The normalized spacial score (nSPS) is 14.7. The van der Waals surface area contributed by atoms with Crippen molar-refractivity contribution in [3.63, 3.8) is 0 Å². The van der Waals surface area contributed by atoms with Gasteiger partial charge in [-0.25, -0.2) is 9.97 Å². The van der Waals surface area contributed by atoms with Gasteiger partial charge in [-0.1, -0.05) is 11.6 Å². The molecule has 3 aromatic rings. The standard InChI is InChI=1S/C16H16ClN5O/c1-23-12-4-13(21-15(5-12)20-11-6-18-7-11)14-8-19-16-3-2-10(17)9-22(14)16/h2-5,8-9,11,18H,6-7H2,1H3,(H,20,21). The van der Waals surface area contributed by atoms with Crippen LogP contribution in [-0.4, -0.2) is 40.6 Å². The van der Waals surface area contributed by atoms with Crippen LogP contribution in [0.1, 0.15) is 0 Å². The molecule has 7 heteroatoms. The van der Waals surface area contributed by atoms with Crippen LogP contribution in [-0.2, 0) is 0 Å². The Morgan fingerprint density at radius 3 is 2.96 bits per heavy atom. The molecule has 2 N–H and O–H groups in total. The van der Waals surface area contributed by atoms with Crippen LogP contribution in [0.15, 0.2) is 36.7 Å². The van der Waals surface area contributed by atoms with Crippen molar-refractivity contribution in [2.75, 3.05) is 25.5 Å². The molecule has 0 aliphatic carbocycles. The van der Waals surface area contributed by atoms with E-state index < -0.39 is 0 Å². The number of nitrogens with one attached hydrogen (secondary N) is 2. The molecule has 0 unspecified atom stereocenters. The van der Waals surface area contributed by atoms with E-state index in [9.17, 15) is 0 Å². The molecule has 0 bridgehead atoms. The average molecular weight is 330 g/mol. The van der Waals surface area contributed by atoms with Crippen molar-refractivity contribution in [1.29, 1.82) is 0 Å². The van der Waals surface area contributed by atoms with Gasteiger partial charge in [0.2, 0.25) is 0 Å². The van der Waals surface area contributed by atoms with E-state index in [4.69, 9.17) is 21.3 Å². The first-order valence-electron chi connectivity index (χ1n) is 7.39. The van der Waals surface area contributed by atoms with Crippen molar-refractivity contribution >= 4 is 23.1 Å². The number of fused-ring (bicyclic) bond motifs is 1. The molecule has 6 nitrogen and oxygen atoms in total. The van der Waals surface area contributed by atoms with Crippen molar-refractivity contribution in [1.82, 2.24) is 19.7 Å². The lowest BCUT2D eigenvalue weighted by Gasteiger charge is -2.28. The molecule has 1 aliphatic rings. The second-order valence-electron chi connectivity index (χ2n) is 5.50. The molecule has 1 saturated heterocycles. The first-order chi connectivity index (χ1) is 11.2. The highest BCUT2D eigenvalue weighted by Crippen LogP contribution is 2.27. The Kier molecular flexibility index (Phi) is 3.55. The maximum absolute atomic E-state index is 6.11. The number of hydrogen-bond donors (Lipinski definition) is 2. The lowest BCUT2D eigenvalue weighted by Crippen LogP contribution is -2.51. The second-order valence-corrected chi connectivity index (χ2v) is 5.93. The van der Waals surface area contributed by atoms with Crippen LogP contribution in [0.25, 0.3) is 17.0 Å². The minimum Gasteiger partial charge on any atom is -0.497 e. The Bertz CT molecular complexity index is 859. The summed E-state index contributed by atoms with van der Waals surface area (Å²) in [7, 11) is 1.65. The van der Waals surface area contributed by atoms with Gasteiger partial charge in [-0.05, 0) is 12.1 Å². The zero-order valence-electron chi connectivity index (χ0n) is 12.6. The van der Waals surface area contributed by atoms with Crippen molar-refractivity contribution in [2.45, 2.75) is 6.04 Å². The van der Waals surface area contributed by atoms with Gasteiger partial charge in [-0.15, -0.1) is 0 Å². The van der Waals surface area contributed by atoms with E-state index in [2.05, 4.69) is 15.6 Å². The summed E-state index contributed by atoms with van der Waals surface area (Å²) in [4.78, 5) is 9.11. The topological polar surface area (TPSA) is 63.5 Å². The average Bonchev–Trinajstić information content (AvgIpc) is 2.93. The molecule has 1 fully saturated rings. The van der Waals surface area contributed by atoms with Gasteiger partial charge in [-0.2, -0.15) is 0 Å². The number of nitrogens with zero attached hydrogens (tertiary/aromatic N) is 3. The second kappa shape index (κ2) is 5.72. The number of halogens is 1. The Balaban J connectivity index is 1.79. The molecule has 4 rings (SSSR count). The van der Waals surface area contributed by atoms with E-state index in [1.54, 1.807) is 13.3 Å². The smallest absolute Gasteiger partial charge is 0.137 e. The molecule has 118 valence electrons. The van der Waals surface area contributed by atoms with Crippen LogP contribution in [0.2, 0.25) is 5.02 Å². The number of rotatable bonds is 4. The predicted octanol–water partition coefficient (Wildman–Crippen LogP) is 2.44. The quantitative estimate of drug-likeness (QED) is 0.769. The third-order valence-corrected chi connectivity index (χ3v) is 4.12. The van der Waals surface area contributed by atoms with E-state index in [1.165, 1.54) is 0 Å². The highest BCUT2D eigenvalue weighted by Gasteiger charge is 2.18. The number of ether oxygens (including phenoxy) is 1. The molecule has 23 heavy (non-hydrogen) atoms. The van der Waals surface area contributed by atoms with Crippen LogP contribution in [0.5, 0.6) is 5.75 Å². The van der Waals surface area contributed by atoms with E-state index in [1.807, 2.05) is 34.9 Å². The first-order valence-corrected chi connectivity index (χ1v) is 7.77. The number of methoxy groups -OCH3 is 1. The third kappa shape index (κ3) is 2.71. The van der Waals surface area contributed by atoms with E-state index in [0.717, 1.165) is 41.7 Å². The Morgan fingerprint density at radius 2 is 2.22 bits per heavy atom. The molecule has 4 heterocycles. The van der Waals surface area contributed by atoms with Gasteiger partial charge in [0.05, 0.1) is 35.8 Å². The van der Waals surface area contributed by atoms with Gasteiger partial charge >= 0.3 is 0 Å². The zero-order valence-corrected chi connectivity index (χ0v) is 13.3. The summed E-state index contributed by atoms with van der Waals surface area (Å²) in [5, 5.41) is 7.29.